The SMILES string of the molecule is N#Cc1cc(CCl)cc(C(F)(F)F)c1CC(=O)O. The van der Waals surface area contributed by atoms with Crippen molar-refractivity contribution in [1.82, 2.24) is 0 Å². The molecule has 96 valence electrons. The van der Waals surface area contributed by atoms with Crippen molar-refractivity contribution in [3.63, 3.8) is 0 Å². The van der Waals surface area contributed by atoms with Crippen LogP contribution in [0.3, 0.4) is 0 Å². The topological polar surface area (TPSA) is 61.1 Å². The summed E-state index contributed by atoms with van der Waals surface area (Å²) in [6.07, 6.45) is -5.58. The van der Waals surface area contributed by atoms with E-state index in [1.54, 1.807) is 6.07 Å². The lowest BCUT2D eigenvalue weighted by molar-refractivity contribution is -0.139. The molecular formula is C11H7ClF3NO2. The van der Waals surface area contributed by atoms with Crippen LogP contribution in [-0.2, 0) is 23.3 Å². The van der Waals surface area contributed by atoms with E-state index in [0.717, 1.165) is 6.07 Å². The van der Waals surface area contributed by atoms with Gasteiger partial charge in [0.25, 0.3) is 0 Å². The highest BCUT2D eigenvalue weighted by Crippen LogP contribution is 2.35. The number of carbonyl (C=O) groups is 1. The van der Waals surface area contributed by atoms with Crippen LogP contribution in [0.25, 0.3) is 0 Å². The molecule has 1 aromatic rings. The molecule has 0 aliphatic rings. The smallest absolute Gasteiger partial charge is 0.416 e. The second-order valence-corrected chi connectivity index (χ2v) is 3.75. The van der Waals surface area contributed by atoms with Gasteiger partial charge in [0.2, 0.25) is 0 Å². The second kappa shape index (κ2) is 5.27. The van der Waals surface area contributed by atoms with Gasteiger partial charge in [0, 0.05) is 5.88 Å². The van der Waals surface area contributed by atoms with Crippen LogP contribution in [0.5, 0.6) is 0 Å². The summed E-state index contributed by atoms with van der Waals surface area (Å²) < 4.78 is 38.4. The van der Waals surface area contributed by atoms with Crippen LogP contribution in [0, 0.1) is 11.3 Å². The third kappa shape index (κ3) is 3.14. The minimum Gasteiger partial charge on any atom is -0.481 e. The van der Waals surface area contributed by atoms with Gasteiger partial charge in [-0.1, -0.05) is 0 Å². The predicted octanol–water partition coefficient (Wildman–Crippen LogP) is 2.94. The summed E-state index contributed by atoms with van der Waals surface area (Å²) in [5.41, 5.74) is -1.86. The van der Waals surface area contributed by atoms with Gasteiger partial charge < -0.3 is 5.11 Å². The minimum absolute atomic E-state index is 0.120. The van der Waals surface area contributed by atoms with Gasteiger partial charge in [-0.15, -0.1) is 11.6 Å². The van der Waals surface area contributed by atoms with E-state index in [1.807, 2.05) is 0 Å². The Morgan fingerprint density at radius 2 is 2.06 bits per heavy atom. The molecular weight excluding hydrogens is 271 g/mol. The molecule has 1 aromatic carbocycles. The summed E-state index contributed by atoms with van der Waals surface area (Å²) in [6, 6.07) is 3.50. The molecule has 0 heterocycles. The Bertz CT molecular complexity index is 520. The number of carboxylic acids is 1. The summed E-state index contributed by atoms with van der Waals surface area (Å²) >= 11 is 5.44. The molecule has 0 radical (unpaired) electrons. The molecule has 0 bridgehead atoms. The minimum atomic E-state index is -4.72. The van der Waals surface area contributed by atoms with Crippen LogP contribution >= 0.6 is 11.6 Å². The molecule has 0 amide bonds. The Kier molecular flexibility index (Phi) is 4.19. The van der Waals surface area contributed by atoms with E-state index in [1.165, 1.54) is 6.07 Å². The molecule has 3 nitrogen and oxygen atoms in total. The average molecular weight is 278 g/mol. The first kappa shape index (κ1) is 14.3. The van der Waals surface area contributed by atoms with Crippen molar-refractivity contribution in [2.75, 3.05) is 0 Å². The van der Waals surface area contributed by atoms with Crippen molar-refractivity contribution in [3.05, 3.63) is 34.4 Å². The van der Waals surface area contributed by atoms with E-state index < -0.39 is 29.7 Å². The van der Waals surface area contributed by atoms with E-state index in [9.17, 15) is 18.0 Å². The standard InChI is InChI=1S/C11H7ClF3NO2/c12-4-6-1-7(5-16)8(3-10(17)18)9(2-6)11(13,14)15/h1-2H,3-4H2,(H,17,18). The number of benzene rings is 1. The van der Waals surface area contributed by atoms with Crippen LogP contribution in [0.1, 0.15) is 22.3 Å². The molecule has 0 saturated carbocycles. The van der Waals surface area contributed by atoms with Crippen molar-refractivity contribution in [2.24, 2.45) is 0 Å². The number of hydrogen-bond acceptors (Lipinski definition) is 2. The van der Waals surface area contributed by atoms with Crippen LogP contribution < -0.4 is 0 Å². The average Bonchev–Trinajstić information content (AvgIpc) is 2.26. The van der Waals surface area contributed by atoms with E-state index in [2.05, 4.69) is 0 Å². The lowest BCUT2D eigenvalue weighted by atomic mass is 9.96. The lowest BCUT2D eigenvalue weighted by Gasteiger charge is -2.14. The van der Waals surface area contributed by atoms with Gasteiger partial charge in [0.15, 0.2) is 0 Å². The van der Waals surface area contributed by atoms with Crippen molar-refractivity contribution in [2.45, 2.75) is 18.5 Å². The fraction of sp³-hybridized carbons (Fsp3) is 0.273. The maximum atomic E-state index is 12.8. The van der Waals surface area contributed by atoms with Crippen molar-refractivity contribution < 1.29 is 23.1 Å². The Morgan fingerprint density at radius 3 is 2.44 bits per heavy atom. The Labute approximate surface area is 105 Å². The number of alkyl halides is 4. The molecule has 0 saturated heterocycles. The maximum Gasteiger partial charge on any atom is 0.416 e. The number of nitrogens with zero attached hydrogens (tertiary/aromatic N) is 1. The van der Waals surface area contributed by atoms with Crippen molar-refractivity contribution >= 4 is 17.6 Å². The highest BCUT2D eigenvalue weighted by atomic mass is 35.5. The van der Waals surface area contributed by atoms with Gasteiger partial charge in [0.05, 0.1) is 23.6 Å². The number of carboxylic acid groups (broad SMARTS) is 1. The molecule has 0 aromatic heterocycles. The number of aliphatic carboxylic acids is 1. The summed E-state index contributed by atoms with van der Waals surface area (Å²) in [4.78, 5) is 10.6. The maximum absolute atomic E-state index is 12.8. The normalized spacial score (nSPS) is 11.1. The molecule has 0 aliphatic carbocycles. The molecule has 0 unspecified atom stereocenters. The summed E-state index contributed by atoms with van der Waals surface area (Å²) in [5.74, 6) is -1.62. The Morgan fingerprint density at radius 1 is 1.44 bits per heavy atom. The molecule has 7 heteroatoms. The highest BCUT2D eigenvalue weighted by molar-refractivity contribution is 6.17. The predicted molar refractivity (Wildman–Crippen MR) is 57.1 cm³/mol. The quantitative estimate of drug-likeness (QED) is 0.864. The van der Waals surface area contributed by atoms with Gasteiger partial charge in [-0.2, -0.15) is 18.4 Å². The molecule has 0 atom stereocenters. The summed E-state index contributed by atoms with van der Waals surface area (Å²) in [5, 5.41) is 17.4. The van der Waals surface area contributed by atoms with E-state index in [4.69, 9.17) is 22.0 Å². The van der Waals surface area contributed by atoms with Crippen LogP contribution in [0.4, 0.5) is 13.2 Å². The van der Waals surface area contributed by atoms with Gasteiger partial charge in [-0.3, -0.25) is 4.79 Å². The van der Waals surface area contributed by atoms with Gasteiger partial charge in [-0.25, -0.2) is 0 Å². The van der Waals surface area contributed by atoms with E-state index in [0.29, 0.717) is 0 Å². The first-order valence-electron chi connectivity index (χ1n) is 4.70. The molecule has 18 heavy (non-hydrogen) atoms. The molecule has 0 fully saturated rings. The monoisotopic (exact) mass is 277 g/mol. The number of hydrogen-bond donors (Lipinski definition) is 1. The highest BCUT2D eigenvalue weighted by Gasteiger charge is 2.35. The largest absolute Gasteiger partial charge is 0.481 e. The second-order valence-electron chi connectivity index (χ2n) is 3.48. The fourth-order valence-corrected chi connectivity index (χ4v) is 1.66. The zero-order chi connectivity index (χ0) is 13.9. The van der Waals surface area contributed by atoms with Crippen LogP contribution in [0.2, 0.25) is 0 Å². The number of rotatable bonds is 3. The summed E-state index contributed by atoms with van der Waals surface area (Å²) in [6.45, 7) is 0. The number of nitriles is 1. The van der Waals surface area contributed by atoms with Gasteiger partial charge in [0.1, 0.15) is 0 Å². The Hall–Kier alpha value is -1.74. The first-order valence-corrected chi connectivity index (χ1v) is 5.24. The first-order chi connectivity index (χ1) is 8.29. The fourth-order valence-electron chi connectivity index (χ4n) is 1.50. The molecule has 1 rings (SSSR count). The Balaban J connectivity index is 3.53. The van der Waals surface area contributed by atoms with E-state index in [-0.39, 0.29) is 17.0 Å². The zero-order valence-corrected chi connectivity index (χ0v) is 9.64. The molecule has 0 spiro atoms. The molecule has 1 N–H and O–H groups in total. The van der Waals surface area contributed by atoms with Gasteiger partial charge in [-0.05, 0) is 23.3 Å². The third-order valence-corrected chi connectivity index (χ3v) is 2.53. The third-order valence-electron chi connectivity index (χ3n) is 2.22. The van der Waals surface area contributed by atoms with Crippen LogP contribution in [-0.4, -0.2) is 11.1 Å². The van der Waals surface area contributed by atoms with E-state index >= 15 is 0 Å². The lowest BCUT2D eigenvalue weighted by Crippen LogP contribution is -2.14. The zero-order valence-electron chi connectivity index (χ0n) is 8.88. The van der Waals surface area contributed by atoms with Gasteiger partial charge >= 0.3 is 12.1 Å². The van der Waals surface area contributed by atoms with Crippen LogP contribution in [0.15, 0.2) is 12.1 Å². The summed E-state index contributed by atoms with van der Waals surface area (Å²) in [7, 11) is 0. The number of halogens is 4. The van der Waals surface area contributed by atoms with Crippen molar-refractivity contribution in [1.29, 1.82) is 5.26 Å². The molecule has 0 aliphatic heterocycles. The van der Waals surface area contributed by atoms with Crippen molar-refractivity contribution in [3.8, 4) is 6.07 Å².